The second-order valence-corrected chi connectivity index (χ2v) is 8.97. The lowest BCUT2D eigenvalue weighted by Crippen LogP contribution is -2.25. The molecule has 4 atom stereocenters. The number of thioether (sulfide) groups is 1. The Bertz CT molecular complexity index is 610. The van der Waals surface area contributed by atoms with Crippen LogP contribution < -0.4 is 0 Å². The molecule has 0 N–H and O–H groups in total. The average molecular weight is 352 g/mol. The SMILES string of the molecule is CC(CSc1nsnc1C1CN2CCCC1C2)c1cccs1. The first-order chi connectivity index (χ1) is 10.8. The summed E-state index contributed by atoms with van der Waals surface area (Å²) in [5.41, 5.74) is 1.29. The zero-order chi connectivity index (χ0) is 14.9. The third-order valence-corrected chi connectivity index (χ3v) is 7.90. The minimum Gasteiger partial charge on any atom is -0.302 e. The first-order valence-corrected chi connectivity index (χ1v) is 10.6. The fourth-order valence-corrected chi connectivity index (χ4v) is 6.41. The fourth-order valence-electron chi connectivity index (χ4n) is 3.69. The summed E-state index contributed by atoms with van der Waals surface area (Å²) in [5, 5.41) is 3.37. The Balaban J connectivity index is 1.44. The minimum atomic E-state index is 0.589. The second kappa shape index (κ2) is 6.59. The Morgan fingerprint density at radius 2 is 2.36 bits per heavy atom. The van der Waals surface area contributed by atoms with Gasteiger partial charge >= 0.3 is 0 Å². The Morgan fingerprint density at radius 3 is 3.18 bits per heavy atom. The van der Waals surface area contributed by atoms with Crippen LogP contribution in [-0.2, 0) is 0 Å². The monoisotopic (exact) mass is 351 g/mol. The molecule has 4 heterocycles. The molecule has 2 saturated heterocycles. The minimum absolute atomic E-state index is 0.589. The summed E-state index contributed by atoms with van der Waals surface area (Å²) in [4.78, 5) is 4.08. The number of nitrogens with zero attached hydrogens (tertiary/aromatic N) is 3. The van der Waals surface area contributed by atoms with E-state index in [1.807, 2.05) is 23.1 Å². The fraction of sp³-hybridized carbons (Fsp3) is 0.625. The van der Waals surface area contributed by atoms with E-state index in [0.29, 0.717) is 11.8 Å². The van der Waals surface area contributed by atoms with E-state index < -0.39 is 0 Å². The molecule has 2 aromatic heterocycles. The molecule has 0 aromatic carbocycles. The highest BCUT2D eigenvalue weighted by Crippen LogP contribution is 2.41. The molecule has 0 radical (unpaired) electrons. The lowest BCUT2D eigenvalue weighted by molar-refractivity contribution is 0.269. The lowest BCUT2D eigenvalue weighted by atomic mass is 9.89. The van der Waals surface area contributed by atoms with Gasteiger partial charge in [0.15, 0.2) is 0 Å². The summed E-state index contributed by atoms with van der Waals surface area (Å²) in [6.45, 7) is 6.07. The number of rotatable bonds is 5. The van der Waals surface area contributed by atoms with Crippen molar-refractivity contribution in [3.63, 3.8) is 0 Å². The Labute approximate surface area is 144 Å². The standard InChI is InChI=1S/C16H21N3S3/c1-11(14-5-3-7-20-14)10-21-16-15(17-22-18-16)13-9-19-6-2-4-12(13)8-19/h3,5,7,11-13H,2,4,6,8-10H2,1H3. The van der Waals surface area contributed by atoms with Crippen molar-refractivity contribution in [3.05, 3.63) is 28.1 Å². The number of thiophene rings is 1. The van der Waals surface area contributed by atoms with Crippen LogP contribution in [0, 0.1) is 5.92 Å². The van der Waals surface area contributed by atoms with Gasteiger partial charge in [-0.25, -0.2) is 0 Å². The molecule has 2 fully saturated rings. The number of fused-ring (bicyclic) bond motifs is 2. The predicted octanol–water partition coefficient (Wildman–Crippen LogP) is 4.30. The second-order valence-electron chi connectivity index (χ2n) is 6.45. The van der Waals surface area contributed by atoms with E-state index in [1.54, 1.807) is 0 Å². The maximum atomic E-state index is 4.68. The molecule has 2 aliphatic heterocycles. The Kier molecular flexibility index (Phi) is 4.53. The maximum absolute atomic E-state index is 4.68. The van der Waals surface area contributed by atoms with Crippen LogP contribution in [0.3, 0.4) is 0 Å². The molecule has 2 aliphatic rings. The van der Waals surface area contributed by atoms with Gasteiger partial charge in [0.05, 0.1) is 17.4 Å². The maximum Gasteiger partial charge on any atom is 0.134 e. The average Bonchev–Trinajstić information content (AvgIpc) is 3.25. The van der Waals surface area contributed by atoms with Gasteiger partial charge in [-0.1, -0.05) is 13.0 Å². The lowest BCUT2D eigenvalue weighted by Gasteiger charge is -2.21. The third-order valence-electron chi connectivity index (χ3n) is 4.90. The molecule has 0 aliphatic carbocycles. The Morgan fingerprint density at radius 1 is 1.41 bits per heavy atom. The van der Waals surface area contributed by atoms with Crippen molar-refractivity contribution in [2.45, 2.75) is 36.6 Å². The number of hydrogen-bond donors (Lipinski definition) is 0. The van der Waals surface area contributed by atoms with E-state index in [-0.39, 0.29) is 0 Å². The van der Waals surface area contributed by atoms with Crippen LogP contribution in [0.1, 0.15) is 42.2 Å². The zero-order valence-corrected chi connectivity index (χ0v) is 15.2. The van der Waals surface area contributed by atoms with Crippen molar-refractivity contribution in [1.29, 1.82) is 0 Å². The molecule has 118 valence electrons. The zero-order valence-electron chi connectivity index (χ0n) is 12.8. The summed E-state index contributed by atoms with van der Waals surface area (Å²) in [5.74, 6) is 3.12. The smallest absolute Gasteiger partial charge is 0.134 e. The van der Waals surface area contributed by atoms with Gasteiger partial charge in [0.1, 0.15) is 5.03 Å². The number of piperidine rings is 1. The van der Waals surface area contributed by atoms with E-state index >= 15 is 0 Å². The van der Waals surface area contributed by atoms with Crippen LogP contribution in [0.25, 0.3) is 0 Å². The van der Waals surface area contributed by atoms with Crippen LogP contribution in [0.2, 0.25) is 0 Å². The van der Waals surface area contributed by atoms with Crippen molar-refractivity contribution in [3.8, 4) is 0 Å². The molecular formula is C16H21N3S3. The van der Waals surface area contributed by atoms with E-state index in [1.165, 1.54) is 59.8 Å². The van der Waals surface area contributed by atoms with Crippen LogP contribution in [0.4, 0.5) is 0 Å². The van der Waals surface area contributed by atoms with Gasteiger partial charge in [-0.05, 0) is 42.7 Å². The van der Waals surface area contributed by atoms with Gasteiger partial charge in [-0.3, -0.25) is 0 Å². The third kappa shape index (κ3) is 2.98. The first kappa shape index (κ1) is 15.1. The number of hydrogen-bond acceptors (Lipinski definition) is 6. The molecule has 0 spiro atoms. The molecule has 4 unspecified atom stereocenters. The van der Waals surface area contributed by atoms with E-state index in [2.05, 4.69) is 38.1 Å². The normalized spacial score (nSPS) is 28.9. The summed E-state index contributed by atoms with van der Waals surface area (Å²) in [7, 11) is 0. The largest absolute Gasteiger partial charge is 0.302 e. The topological polar surface area (TPSA) is 29.0 Å². The van der Waals surface area contributed by atoms with Crippen molar-refractivity contribution in [1.82, 2.24) is 13.6 Å². The molecular weight excluding hydrogens is 330 g/mol. The molecule has 2 bridgehead atoms. The summed E-state index contributed by atoms with van der Waals surface area (Å²) in [6.07, 6.45) is 2.73. The van der Waals surface area contributed by atoms with Gasteiger partial charge < -0.3 is 4.90 Å². The molecule has 2 aromatic rings. The van der Waals surface area contributed by atoms with Crippen molar-refractivity contribution in [2.24, 2.45) is 5.92 Å². The summed E-state index contributed by atoms with van der Waals surface area (Å²) < 4.78 is 9.29. The summed E-state index contributed by atoms with van der Waals surface area (Å²) >= 11 is 5.16. The van der Waals surface area contributed by atoms with Crippen LogP contribution >= 0.6 is 34.8 Å². The predicted molar refractivity (Wildman–Crippen MR) is 95.3 cm³/mol. The van der Waals surface area contributed by atoms with Crippen molar-refractivity contribution >= 4 is 34.8 Å². The van der Waals surface area contributed by atoms with E-state index in [0.717, 1.165) is 11.7 Å². The van der Waals surface area contributed by atoms with Crippen molar-refractivity contribution in [2.75, 3.05) is 25.4 Å². The summed E-state index contributed by atoms with van der Waals surface area (Å²) in [6, 6.07) is 4.38. The highest BCUT2D eigenvalue weighted by molar-refractivity contribution is 7.99. The molecule has 0 saturated carbocycles. The first-order valence-electron chi connectivity index (χ1n) is 8.02. The number of aromatic nitrogens is 2. The van der Waals surface area contributed by atoms with Gasteiger partial charge in [0.2, 0.25) is 0 Å². The van der Waals surface area contributed by atoms with Crippen LogP contribution in [0.5, 0.6) is 0 Å². The molecule has 4 rings (SSSR count). The van der Waals surface area contributed by atoms with E-state index in [4.69, 9.17) is 0 Å². The highest BCUT2D eigenvalue weighted by atomic mass is 32.2. The van der Waals surface area contributed by atoms with Crippen LogP contribution in [0.15, 0.2) is 22.5 Å². The van der Waals surface area contributed by atoms with E-state index in [9.17, 15) is 0 Å². The molecule has 0 amide bonds. The van der Waals surface area contributed by atoms with Crippen LogP contribution in [-0.4, -0.2) is 39.0 Å². The quantitative estimate of drug-likeness (QED) is 0.751. The van der Waals surface area contributed by atoms with Gasteiger partial charge in [0, 0.05) is 29.6 Å². The molecule has 6 heteroatoms. The molecule has 22 heavy (non-hydrogen) atoms. The van der Waals surface area contributed by atoms with Gasteiger partial charge in [0.25, 0.3) is 0 Å². The van der Waals surface area contributed by atoms with Gasteiger partial charge in [-0.15, -0.1) is 23.1 Å². The molecule has 3 nitrogen and oxygen atoms in total. The van der Waals surface area contributed by atoms with Crippen molar-refractivity contribution < 1.29 is 0 Å². The Hall–Kier alpha value is -0.430. The van der Waals surface area contributed by atoms with Gasteiger partial charge in [-0.2, -0.15) is 8.75 Å². The highest BCUT2D eigenvalue weighted by Gasteiger charge is 2.38.